The van der Waals surface area contributed by atoms with E-state index >= 15 is 0 Å². The quantitative estimate of drug-likeness (QED) is 0.467. The molecule has 0 spiro atoms. The molecule has 2 aromatic carbocycles. The number of hydrogen-bond acceptors (Lipinski definition) is 5. The van der Waals surface area contributed by atoms with E-state index in [0.29, 0.717) is 0 Å². The molecule has 22 heavy (non-hydrogen) atoms. The summed E-state index contributed by atoms with van der Waals surface area (Å²) in [5.74, 6) is -0.363. The zero-order chi connectivity index (χ0) is 16.5. The van der Waals surface area contributed by atoms with Crippen LogP contribution in [0.15, 0.2) is 41.3 Å². The Morgan fingerprint density at radius 3 is 2.23 bits per heavy atom. The minimum absolute atomic E-state index is 0.0910. The van der Waals surface area contributed by atoms with Crippen molar-refractivity contribution in [2.75, 3.05) is 0 Å². The summed E-state index contributed by atoms with van der Waals surface area (Å²) in [6.07, 6.45) is 0. The first-order valence-electron chi connectivity index (χ1n) is 5.86. The van der Waals surface area contributed by atoms with E-state index in [9.17, 15) is 18.5 Å². The average molecular weight is 362 g/mol. The number of benzene rings is 2. The average Bonchev–Trinajstić information content (AvgIpc) is 2.42. The number of nitro groups is 1. The maximum Gasteiger partial charge on any atom is 0.339 e. The molecule has 0 fully saturated rings. The molecule has 0 bridgehead atoms. The lowest BCUT2D eigenvalue weighted by Crippen LogP contribution is -2.10. The van der Waals surface area contributed by atoms with E-state index < -0.39 is 25.8 Å². The highest BCUT2D eigenvalue weighted by molar-refractivity contribution is 7.87. The lowest BCUT2D eigenvalue weighted by atomic mass is 10.2. The fraction of sp³-hybridized carbons (Fsp3) is 0.0769. The summed E-state index contributed by atoms with van der Waals surface area (Å²) in [5, 5.41) is 10.2. The number of hydrogen-bond donors (Lipinski definition) is 0. The van der Waals surface area contributed by atoms with Crippen LogP contribution in [0.4, 0.5) is 5.69 Å². The van der Waals surface area contributed by atoms with E-state index in [-0.39, 0.29) is 15.7 Å². The number of aryl methyl sites for hydroxylation is 1. The van der Waals surface area contributed by atoms with Gasteiger partial charge >= 0.3 is 15.8 Å². The van der Waals surface area contributed by atoms with Gasteiger partial charge < -0.3 is 4.18 Å². The topological polar surface area (TPSA) is 86.5 Å². The third-order valence-electron chi connectivity index (χ3n) is 2.72. The molecule has 0 aliphatic heterocycles. The van der Waals surface area contributed by atoms with Gasteiger partial charge in [0.15, 0.2) is 10.8 Å². The first-order chi connectivity index (χ1) is 10.2. The molecule has 0 N–H and O–H groups in total. The summed E-state index contributed by atoms with van der Waals surface area (Å²) in [6, 6.07) is 8.23. The van der Waals surface area contributed by atoms with Crippen molar-refractivity contribution < 1.29 is 17.5 Å². The molecule has 0 unspecified atom stereocenters. The van der Waals surface area contributed by atoms with Crippen molar-refractivity contribution in [2.24, 2.45) is 0 Å². The minimum atomic E-state index is -4.16. The van der Waals surface area contributed by atoms with Crippen LogP contribution in [0.1, 0.15) is 5.56 Å². The van der Waals surface area contributed by atoms with Crippen LogP contribution in [-0.4, -0.2) is 13.3 Å². The van der Waals surface area contributed by atoms with Crippen LogP contribution in [0.5, 0.6) is 5.75 Å². The summed E-state index contributed by atoms with van der Waals surface area (Å²) < 4.78 is 29.2. The molecule has 2 rings (SSSR count). The van der Waals surface area contributed by atoms with E-state index in [1.54, 1.807) is 19.1 Å². The van der Waals surface area contributed by atoms with Crippen molar-refractivity contribution in [2.45, 2.75) is 11.8 Å². The maximum atomic E-state index is 12.1. The van der Waals surface area contributed by atoms with Gasteiger partial charge in [0.25, 0.3) is 0 Å². The fourth-order valence-corrected chi connectivity index (χ4v) is 3.16. The largest absolute Gasteiger partial charge is 0.377 e. The first-order valence-corrected chi connectivity index (χ1v) is 8.02. The second-order valence-corrected chi connectivity index (χ2v) is 6.65. The van der Waals surface area contributed by atoms with Crippen molar-refractivity contribution in [3.05, 3.63) is 62.1 Å². The van der Waals surface area contributed by atoms with Gasteiger partial charge in [0.2, 0.25) is 0 Å². The lowest BCUT2D eigenvalue weighted by Gasteiger charge is -2.09. The highest BCUT2D eigenvalue weighted by Crippen LogP contribution is 2.40. The van der Waals surface area contributed by atoms with Crippen LogP contribution in [0.3, 0.4) is 0 Å². The Morgan fingerprint density at radius 1 is 1.09 bits per heavy atom. The molecule has 9 heteroatoms. The second-order valence-electron chi connectivity index (χ2n) is 4.32. The summed E-state index contributed by atoms with van der Waals surface area (Å²) in [6.45, 7) is 1.80. The lowest BCUT2D eigenvalue weighted by molar-refractivity contribution is -0.384. The molecule has 2 aromatic rings. The Morgan fingerprint density at radius 2 is 1.68 bits per heavy atom. The molecule has 0 atom stereocenters. The van der Waals surface area contributed by atoms with Gasteiger partial charge in [0, 0.05) is 0 Å². The molecular weight excluding hydrogens is 353 g/mol. The molecule has 0 aliphatic carbocycles. The third kappa shape index (κ3) is 3.32. The highest BCUT2D eigenvalue weighted by atomic mass is 35.5. The van der Waals surface area contributed by atoms with E-state index in [4.69, 9.17) is 27.4 Å². The van der Waals surface area contributed by atoms with Gasteiger partial charge in [0.1, 0.15) is 9.92 Å². The van der Waals surface area contributed by atoms with Gasteiger partial charge in [-0.15, -0.1) is 0 Å². The van der Waals surface area contributed by atoms with Crippen LogP contribution >= 0.6 is 23.2 Å². The summed E-state index contributed by atoms with van der Waals surface area (Å²) >= 11 is 11.5. The maximum absolute atomic E-state index is 12.1. The molecule has 116 valence electrons. The molecule has 0 aromatic heterocycles. The van der Waals surface area contributed by atoms with Crippen LogP contribution in [0, 0.1) is 17.0 Å². The molecule has 0 heterocycles. The predicted molar refractivity (Wildman–Crippen MR) is 82.1 cm³/mol. The van der Waals surface area contributed by atoms with Crippen molar-refractivity contribution in [3.8, 4) is 5.75 Å². The molecule has 0 amide bonds. The molecule has 0 saturated carbocycles. The Labute approximate surface area is 136 Å². The Kier molecular flexibility index (Phi) is 4.60. The molecular formula is C13H9Cl2NO5S. The van der Waals surface area contributed by atoms with E-state index in [1.165, 1.54) is 12.1 Å². The van der Waals surface area contributed by atoms with Crippen LogP contribution in [-0.2, 0) is 10.1 Å². The molecule has 0 aliphatic rings. The van der Waals surface area contributed by atoms with Crippen molar-refractivity contribution >= 4 is 39.0 Å². The molecule has 0 radical (unpaired) electrons. The van der Waals surface area contributed by atoms with Crippen LogP contribution in [0.25, 0.3) is 0 Å². The summed E-state index contributed by atoms with van der Waals surface area (Å²) in [4.78, 5) is 10.00. The minimum Gasteiger partial charge on any atom is -0.377 e. The Balaban J connectivity index is 2.44. The van der Waals surface area contributed by atoms with Crippen molar-refractivity contribution in [1.82, 2.24) is 0 Å². The predicted octanol–water partition coefficient (Wildman–Crippen LogP) is 3.98. The van der Waals surface area contributed by atoms with Gasteiger partial charge in [-0.2, -0.15) is 8.42 Å². The zero-order valence-electron chi connectivity index (χ0n) is 11.1. The Hall–Kier alpha value is -1.83. The van der Waals surface area contributed by atoms with E-state index in [2.05, 4.69) is 0 Å². The van der Waals surface area contributed by atoms with E-state index in [0.717, 1.165) is 17.7 Å². The standard InChI is InChI=1S/C13H9Cl2NO5S/c1-8-2-4-9(5-3-8)22(19,20)21-11-7-6-10(14)13(12(11)15)16(17)18/h2-7H,1H3. The smallest absolute Gasteiger partial charge is 0.339 e. The van der Waals surface area contributed by atoms with Crippen molar-refractivity contribution in [3.63, 3.8) is 0 Å². The van der Waals surface area contributed by atoms with E-state index in [1.807, 2.05) is 0 Å². The van der Waals surface area contributed by atoms with Gasteiger partial charge in [-0.25, -0.2) is 0 Å². The molecule has 6 nitrogen and oxygen atoms in total. The second kappa shape index (κ2) is 6.12. The first kappa shape index (κ1) is 16.5. The van der Waals surface area contributed by atoms with Gasteiger partial charge in [-0.1, -0.05) is 40.9 Å². The Bertz CT molecular complexity index is 834. The molecule has 0 saturated heterocycles. The van der Waals surface area contributed by atoms with Gasteiger partial charge in [0.05, 0.1) is 4.92 Å². The monoisotopic (exact) mass is 361 g/mol. The number of nitrogens with zero attached hydrogens (tertiary/aromatic N) is 1. The summed E-state index contributed by atoms with van der Waals surface area (Å²) in [7, 11) is -4.16. The van der Waals surface area contributed by atoms with Crippen molar-refractivity contribution in [1.29, 1.82) is 0 Å². The third-order valence-corrected chi connectivity index (χ3v) is 4.64. The number of halogens is 2. The van der Waals surface area contributed by atoms with Gasteiger partial charge in [-0.3, -0.25) is 10.1 Å². The zero-order valence-corrected chi connectivity index (χ0v) is 13.4. The van der Waals surface area contributed by atoms with Crippen LogP contribution in [0.2, 0.25) is 10.0 Å². The number of rotatable bonds is 4. The summed E-state index contributed by atoms with van der Waals surface area (Å²) in [5.41, 5.74) is 0.263. The fourth-order valence-electron chi connectivity index (χ4n) is 1.63. The number of nitro benzene ring substituents is 1. The normalized spacial score (nSPS) is 11.2. The highest BCUT2D eigenvalue weighted by Gasteiger charge is 2.25. The van der Waals surface area contributed by atoms with Crippen LogP contribution < -0.4 is 4.18 Å². The van der Waals surface area contributed by atoms with Gasteiger partial charge in [-0.05, 0) is 31.2 Å². The SMILES string of the molecule is Cc1ccc(S(=O)(=O)Oc2ccc(Cl)c([N+](=O)[O-])c2Cl)cc1.